The first-order chi connectivity index (χ1) is 16.6. The highest BCUT2D eigenvalue weighted by Crippen LogP contribution is 2.45. The van der Waals surface area contributed by atoms with Crippen LogP contribution >= 0.6 is 11.6 Å². The highest BCUT2D eigenvalue weighted by molar-refractivity contribution is 6.30. The van der Waals surface area contributed by atoms with Gasteiger partial charge in [-0.15, -0.1) is 5.01 Å². The van der Waals surface area contributed by atoms with Crippen molar-refractivity contribution in [2.24, 2.45) is 17.1 Å². The zero-order chi connectivity index (χ0) is 25.3. The molecule has 1 aliphatic carbocycles. The third-order valence-electron chi connectivity index (χ3n) is 6.56. The quantitative estimate of drug-likeness (QED) is 0.162. The first kappa shape index (κ1) is 25.2. The van der Waals surface area contributed by atoms with E-state index >= 15 is 0 Å². The van der Waals surface area contributed by atoms with Crippen molar-refractivity contribution in [2.45, 2.75) is 58.8 Å². The van der Waals surface area contributed by atoms with Crippen molar-refractivity contribution in [3.8, 4) is 5.75 Å². The number of ether oxygens (including phenoxy) is 2. The molecule has 1 aromatic heterocycles. The van der Waals surface area contributed by atoms with Gasteiger partial charge in [0.25, 0.3) is 0 Å². The second kappa shape index (κ2) is 9.99. The smallest absolute Gasteiger partial charge is 0.314 e. The molecule has 0 bridgehead atoms. The lowest BCUT2D eigenvalue weighted by Crippen LogP contribution is -2.42. The van der Waals surface area contributed by atoms with E-state index in [9.17, 15) is 10.0 Å². The molecule has 4 rings (SSSR count). The van der Waals surface area contributed by atoms with Crippen LogP contribution < -0.4 is 4.74 Å². The predicted molar refractivity (Wildman–Crippen MR) is 128 cm³/mol. The maximum atomic E-state index is 12.8. The first-order valence-corrected chi connectivity index (χ1v) is 12.0. The summed E-state index contributed by atoms with van der Waals surface area (Å²) >= 11 is 6.01. The van der Waals surface area contributed by atoms with Gasteiger partial charge in [0.15, 0.2) is 5.75 Å². The van der Waals surface area contributed by atoms with E-state index in [1.165, 1.54) is 5.01 Å². The maximum Gasteiger partial charge on any atom is 0.314 e. The number of hydrogen-bond acceptors (Lipinski definition) is 7. The number of rotatable bonds is 8. The number of aryl methyl sites for hydroxylation is 1. The molecule has 0 amide bonds. The highest BCUT2D eigenvalue weighted by Gasteiger charge is 2.45. The first-order valence-electron chi connectivity index (χ1n) is 11.7. The summed E-state index contributed by atoms with van der Waals surface area (Å²) in [4.78, 5) is 22.9. The minimum absolute atomic E-state index is 0.140. The van der Waals surface area contributed by atoms with Gasteiger partial charge in [0.05, 0.1) is 35.8 Å². The van der Waals surface area contributed by atoms with Crippen LogP contribution in [0.1, 0.15) is 62.1 Å². The van der Waals surface area contributed by atoms with Crippen LogP contribution in [-0.4, -0.2) is 40.1 Å². The van der Waals surface area contributed by atoms with E-state index in [1.54, 1.807) is 13.2 Å². The van der Waals surface area contributed by atoms with Crippen molar-refractivity contribution in [2.75, 3.05) is 13.7 Å². The number of esters is 1. The summed E-state index contributed by atoms with van der Waals surface area (Å²) in [5, 5.41) is 17.6. The molecule has 0 N–H and O–H groups in total. The van der Waals surface area contributed by atoms with Crippen LogP contribution in [0.3, 0.4) is 0 Å². The third-order valence-corrected chi connectivity index (χ3v) is 6.81. The molecule has 3 atom stereocenters. The molecule has 9 nitrogen and oxygen atoms in total. The van der Waals surface area contributed by atoms with Crippen molar-refractivity contribution in [3.63, 3.8) is 0 Å². The Bertz CT molecular complexity index is 1120. The fourth-order valence-electron chi connectivity index (χ4n) is 3.97. The van der Waals surface area contributed by atoms with Gasteiger partial charge in [-0.25, -0.2) is 0 Å². The summed E-state index contributed by atoms with van der Waals surface area (Å²) in [6.45, 7) is 8.11. The van der Waals surface area contributed by atoms with Crippen LogP contribution in [-0.2, 0) is 21.0 Å². The number of hydrazine groups is 1. The van der Waals surface area contributed by atoms with E-state index in [-0.39, 0.29) is 36.1 Å². The molecule has 0 unspecified atom stereocenters. The molecule has 0 saturated heterocycles. The predicted octanol–water partition coefficient (Wildman–Crippen LogP) is 5.13. The average Bonchev–Trinajstić information content (AvgIpc) is 3.47. The Morgan fingerprint density at radius 3 is 2.74 bits per heavy atom. The Balaban J connectivity index is 1.33. The Morgan fingerprint density at radius 1 is 1.34 bits per heavy atom. The highest BCUT2D eigenvalue weighted by atomic mass is 35.5. The number of pyridine rings is 1. The van der Waals surface area contributed by atoms with Gasteiger partial charge in [-0.3, -0.25) is 9.78 Å². The van der Waals surface area contributed by atoms with E-state index in [0.717, 1.165) is 23.1 Å². The van der Waals surface area contributed by atoms with Crippen molar-refractivity contribution in [3.05, 3.63) is 63.1 Å². The summed E-state index contributed by atoms with van der Waals surface area (Å²) in [6.07, 6.45) is 2.84. The van der Waals surface area contributed by atoms with E-state index in [4.69, 9.17) is 25.9 Å². The molecule has 0 spiro atoms. The van der Waals surface area contributed by atoms with Gasteiger partial charge in [0.2, 0.25) is 5.28 Å². The number of fused-ring (bicyclic) bond motifs is 1. The van der Waals surface area contributed by atoms with Crippen LogP contribution in [0.25, 0.3) is 0 Å². The summed E-state index contributed by atoms with van der Waals surface area (Å²) in [5.74, 6) is 0.135. The molecule has 1 aliphatic heterocycles. The molecule has 1 fully saturated rings. The number of nitrogens with zero attached hydrogens (tertiary/aromatic N) is 4. The summed E-state index contributed by atoms with van der Waals surface area (Å²) in [5.41, 5.74) is 2.99. The van der Waals surface area contributed by atoms with Gasteiger partial charge >= 0.3 is 5.97 Å². The monoisotopic (exact) mass is 502 g/mol. The third kappa shape index (κ3) is 5.67. The van der Waals surface area contributed by atoms with Crippen LogP contribution in [0.5, 0.6) is 5.75 Å². The summed E-state index contributed by atoms with van der Waals surface area (Å²) in [6, 6.07) is 7.49. The van der Waals surface area contributed by atoms with Crippen LogP contribution in [0.4, 0.5) is 0 Å². The van der Waals surface area contributed by atoms with Crippen molar-refractivity contribution in [1.29, 1.82) is 0 Å². The number of carbonyl (C=O) groups excluding carboxylic acids is 1. The molecule has 1 saturated carbocycles. The van der Waals surface area contributed by atoms with E-state index < -0.39 is 0 Å². The fourth-order valence-corrected chi connectivity index (χ4v) is 4.10. The summed E-state index contributed by atoms with van der Waals surface area (Å²) in [7, 11) is 1.65. The summed E-state index contributed by atoms with van der Waals surface area (Å²) < 4.78 is 11.8. The molecular formula is C25H31ClN4O5. The van der Waals surface area contributed by atoms with E-state index in [0.29, 0.717) is 34.5 Å². The number of carbonyl (C=O) groups is 1. The van der Waals surface area contributed by atoms with Crippen LogP contribution in [0, 0.1) is 24.0 Å². The van der Waals surface area contributed by atoms with Gasteiger partial charge in [0, 0.05) is 22.3 Å². The van der Waals surface area contributed by atoms with Gasteiger partial charge in [-0.05, 0) is 64.2 Å². The Hall–Kier alpha value is -2.91. The normalized spacial score (nSPS) is 21.4. The standard InChI is InChI=1S/C25H31ClN4O5/c1-15-22(21-14-33-23(20(21)13-27-15)16-6-8-18(26)9-7-16)35-24(31)19-12-17(19)10-11-34-28-30(32)29(5)25(2,3)4/h6-9,13,17,19,23H,10-12,14H2,1-5H3/b30-28-/t17-,19-,23+/m1/s1. The minimum atomic E-state index is -0.371. The average molecular weight is 503 g/mol. The van der Waals surface area contributed by atoms with Gasteiger partial charge < -0.3 is 19.5 Å². The fraction of sp³-hybridized carbons (Fsp3) is 0.520. The molecule has 35 heavy (non-hydrogen) atoms. The van der Waals surface area contributed by atoms with Crippen molar-refractivity contribution in [1.82, 2.24) is 9.99 Å². The Labute approximate surface area is 210 Å². The topological polar surface area (TPSA) is 99.3 Å². The molecule has 1 aromatic carbocycles. The lowest BCUT2D eigenvalue weighted by molar-refractivity contribution is -0.719. The zero-order valence-corrected chi connectivity index (χ0v) is 21.4. The number of aromatic nitrogens is 1. The number of halogens is 1. The molecule has 0 radical (unpaired) electrons. The maximum absolute atomic E-state index is 12.8. The molecule has 188 valence electrons. The lowest BCUT2D eigenvalue weighted by atomic mass is 10.0. The molecule has 2 aliphatic rings. The van der Waals surface area contributed by atoms with Gasteiger partial charge in [-0.2, -0.15) is 0 Å². The van der Waals surface area contributed by atoms with Crippen molar-refractivity contribution >= 4 is 17.6 Å². The molecule has 2 aromatic rings. The molecule has 10 heteroatoms. The van der Waals surface area contributed by atoms with Gasteiger partial charge in [0.1, 0.15) is 12.7 Å². The minimum Gasteiger partial charge on any atom is -0.569 e. The largest absolute Gasteiger partial charge is 0.569 e. The van der Waals surface area contributed by atoms with E-state index in [1.807, 2.05) is 52.0 Å². The number of hydrogen-bond donors (Lipinski definition) is 0. The second-order valence-electron chi connectivity index (χ2n) is 10.0. The second-order valence-corrected chi connectivity index (χ2v) is 10.5. The van der Waals surface area contributed by atoms with Crippen LogP contribution in [0.2, 0.25) is 5.02 Å². The SMILES string of the molecule is Cc1ncc2c(c1OC(=O)[C@@H]1C[C@H]1CCO/N=[N+](\[O-])N(C)C(C)(C)C)CO[C@H]2c1ccc(Cl)cc1. The zero-order valence-electron chi connectivity index (χ0n) is 20.7. The molecular weight excluding hydrogens is 472 g/mol. The number of benzene rings is 1. The van der Waals surface area contributed by atoms with E-state index in [2.05, 4.69) is 10.3 Å². The Morgan fingerprint density at radius 2 is 2.06 bits per heavy atom. The van der Waals surface area contributed by atoms with Gasteiger partial charge in [-0.1, -0.05) is 23.7 Å². The van der Waals surface area contributed by atoms with Crippen molar-refractivity contribution < 1.29 is 24.1 Å². The lowest BCUT2D eigenvalue weighted by Gasteiger charge is -2.26. The molecule has 2 heterocycles. The Kier molecular flexibility index (Phi) is 7.19. The van der Waals surface area contributed by atoms with Crippen LogP contribution in [0.15, 0.2) is 35.7 Å².